The Morgan fingerprint density at radius 1 is 0.431 bits per heavy atom. The van der Waals surface area contributed by atoms with Gasteiger partial charge in [0.15, 0.2) is 6.10 Å². The van der Waals surface area contributed by atoms with Gasteiger partial charge in [-0.3, -0.25) is 9.59 Å². The number of likely N-dealkylation sites (N-methyl/N-ethyl adjacent to an activating group) is 1. The van der Waals surface area contributed by atoms with Crippen LogP contribution in [-0.2, 0) is 33.3 Å². The second kappa shape index (κ2) is 54.3. The molecule has 0 aromatic heterocycles. The minimum atomic E-state index is -1.52. The standard InChI is InChI=1S/C63H113NO8/c1-6-8-10-12-14-16-18-20-22-24-26-27-28-29-30-31-32-33-34-36-37-39-41-43-45-47-49-51-53-60(65)70-57-59(58-71-63(62(67)68)69-56-55-64(3,4)5)72-61(66)54-52-50-48-46-44-42-40-38-35-25-23-21-19-17-15-13-11-9-7-2/h9,11,15,17,21,23,35,38,42,44,59,63H,6-8,10,12-14,16,18-20,22,24-34,36-37,39-41,43,45-58H2,1-5H3/p+1/b11-9-,17-15-,23-21-,38-35-,44-42-. The van der Waals surface area contributed by atoms with Crippen LogP contribution < -0.4 is 0 Å². The van der Waals surface area contributed by atoms with Crippen molar-refractivity contribution in [3.05, 3.63) is 60.8 Å². The van der Waals surface area contributed by atoms with Crippen molar-refractivity contribution in [3.8, 4) is 0 Å². The van der Waals surface area contributed by atoms with Crippen LogP contribution in [0.5, 0.6) is 0 Å². The topological polar surface area (TPSA) is 108 Å². The third kappa shape index (κ3) is 54.8. The molecular weight excluding hydrogens is 899 g/mol. The molecule has 418 valence electrons. The molecule has 0 saturated heterocycles. The largest absolute Gasteiger partial charge is 0.477 e. The number of ether oxygens (including phenoxy) is 4. The first-order chi connectivity index (χ1) is 35.1. The number of carboxylic acid groups (broad SMARTS) is 1. The van der Waals surface area contributed by atoms with E-state index in [-0.39, 0.29) is 32.2 Å². The van der Waals surface area contributed by atoms with Crippen molar-refractivity contribution in [2.45, 2.75) is 277 Å². The maximum absolute atomic E-state index is 12.8. The lowest BCUT2D eigenvalue weighted by Crippen LogP contribution is -2.40. The predicted octanol–water partition coefficient (Wildman–Crippen LogP) is 17.6. The number of carbonyl (C=O) groups excluding carboxylic acids is 2. The molecule has 0 aromatic carbocycles. The summed E-state index contributed by atoms with van der Waals surface area (Å²) in [5.74, 6) is -2.04. The average molecular weight is 1010 g/mol. The van der Waals surface area contributed by atoms with Crippen LogP contribution in [0.1, 0.15) is 264 Å². The number of rotatable bonds is 55. The molecule has 0 bridgehead atoms. The van der Waals surface area contributed by atoms with E-state index in [2.05, 4.69) is 74.6 Å². The molecule has 72 heavy (non-hydrogen) atoms. The number of unbranched alkanes of at least 4 members (excludes halogenated alkanes) is 30. The molecule has 0 fully saturated rings. The van der Waals surface area contributed by atoms with Gasteiger partial charge in [0.05, 0.1) is 34.4 Å². The summed E-state index contributed by atoms with van der Waals surface area (Å²) in [4.78, 5) is 37.4. The van der Waals surface area contributed by atoms with Crippen molar-refractivity contribution in [1.29, 1.82) is 0 Å². The SMILES string of the molecule is CC/C=C\C/C=C\C/C=C\C/C=C\C/C=C\CCCCCC(=O)OC(COC(=O)CCCCCCCCCCCCCCCCCCCCCCCCCCCCCC)COC(OCC[N+](C)(C)C)C(=O)O. The number of nitrogens with zero attached hydrogens (tertiary/aromatic N) is 1. The van der Waals surface area contributed by atoms with Crippen molar-refractivity contribution in [2.24, 2.45) is 0 Å². The van der Waals surface area contributed by atoms with E-state index in [1.54, 1.807) is 0 Å². The molecule has 0 aliphatic carbocycles. The monoisotopic (exact) mass is 1010 g/mol. The number of aliphatic carboxylic acids is 1. The molecule has 0 radical (unpaired) electrons. The first kappa shape index (κ1) is 69.0. The van der Waals surface area contributed by atoms with E-state index in [1.165, 1.54) is 161 Å². The Kier molecular flexibility index (Phi) is 52.0. The molecule has 0 saturated carbocycles. The van der Waals surface area contributed by atoms with Crippen molar-refractivity contribution < 1.29 is 42.9 Å². The van der Waals surface area contributed by atoms with Gasteiger partial charge in [-0.1, -0.05) is 254 Å². The van der Waals surface area contributed by atoms with Crippen LogP contribution in [0.25, 0.3) is 0 Å². The minimum Gasteiger partial charge on any atom is -0.477 e. The fraction of sp³-hybridized carbons (Fsp3) is 0.794. The summed E-state index contributed by atoms with van der Waals surface area (Å²) in [6, 6.07) is 0. The molecular formula is C63H114NO8+. The molecule has 9 heteroatoms. The summed E-state index contributed by atoms with van der Waals surface area (Å²) >= 11 is 0. The van der Waals surface area contributed by atoms with E-state index in [0.717, 1.165) is 70.6 Å². The first-order valence-electron chi connectivity index (χ1n) is 30.0. The summed E-state index contributed by atoms with van der Waals surface area (Å²) < 4.78 is 22.8. The highest BCUT2D eigenvalue weighted by molar-refractivity contribution is 5.71. The quantitative estimate of drug-likeness (QED) is 0.0211. The zero-order valence-corrected chi connectivity index (χ0v) is 47.6. The highest BCUT2D eigenvalue weighted by Crippen LogP contribution is 2.17. The van der Waals surface area contributed by atoms with Gasteiger partial charge < -0.3 is 28.5 Å². The van der Waals surface area contributed by atoms with Gasteiger partial charge in [0.2, 0.25) is 0 Å². The lowest BCUT2D eigenvalue weighted by molar-refractivity contribution is -0.870. The summed E-state index contributed by atoms with van der Waals surface area (Å²) in [7, 11) is 5.96. The first-order valence-corrected chi connectivity index (χ1v) is 30.0. The number of allylic oxidation sites excluding steroid dienone is 10. The van der Waals surface area contributed by atoms with Gasteiger partial charge in [-0.2, -0.15) is 0 Å². The van der Waals surface area contributed by atoms with E-state index in [1.807, 2.05) is 21.1 Å². The van der Waals surface area contributed by atoms with Gasteiger partial charge in [-0.05, 0) is 57.8 Å². The van der Waals surface area contributed by atoms with Crippen LogP contribution >= 0.6 is 0 Å². The number of hydrogen-bond acceptors (Lipinski definition) is 7. The highest BCUT2D eigenvalue weighted by atomic mass is 16.7. The molecule has 9 nitrogen and oxygen atoms in total. The van der Waals surface area contributed by atoms with Gasteiger partial charge >= 0.3 is 17.9 Å². The molecule has 2 unspecified atom stereocenters. The van der Waals surface area contributed by atoms with Crippen LogP contribution in [0.3, 0.4) is 0 Å². The normalized spacial score (nSPS) is 13.2. The van der Waals surface area contributed by atoms with E-state index in [9.17, 15) is 19.5 Å². The fourth-order valence-electron chi connectivity index (χ4n) is 8.45. The van der Waals surface area contributed by atoms with E-state index >= 15 is 0 Å². The summed E-state index contributed by atoms with van der Waals surface area (Å²) in [5.41, 5.74) is 0. The van der Waals surface area contributed by atoms with Gasteiger partial charge in [-0.25, -0.2) is 4.79 Å². The lowest BCUT2D eigenvalue weighted by atomic mass is 10.0. The van der Waals surface area contributed by atoms with Crippen LogP contribution in [-0.4, -0.2) is 87.4 Å². The summed E-state index contributed by atoms with van der Waals surface area (Å²) in [5, 5.41) is 9.70. The van der Waals surface area contributed by atoms with Gasteiger partial charge in [-0.15, -0.1) is 0 Å². The maximum Gasteiger partial charge on any atom is 0.361 e. The second-order valence-electron chi connectivity index (χ2n) is 21.3. The third-order valence-corrected chi connectivity index (χ3v) is 13.0. The molecule has 0 aromatic rings. The molecule has 0 rings (SSSR count). The zero-order chi connectivity index (χ0) is 52.7. The van der Waals surface area contributed by atoms with Crippen LogP contribution in [0.15, 0.2) is 60.8 Å². The van der Waals surface area contributed by atoms with Crippen LogP contribution in [0.2, 0.25) is 0 Å². The van der Waals surface area contributed by atoms with E-state index in [0.29, 0.717) is 23.9 Å². The number of esters is 2. The fourth-order valence-corrected chi connectivity index (χ4v) is 8.45. The number of quaternary nitrogens is 1. The van der Waals surface area contributed by atoms with Gasteiger partial charge in [0, 0.05) is 12.8 Å². The number of hydrogen-bond donors (Lipinski definition) is 1. The van der Waals surface area contributed by atoms with Crippen molar-refractivity contribution in [2.75, 3.05) is 47.5 Å². The highest BCUT2D eigenvalue weighted by Gasteiger charge is 2.25. The van der Waals surface area contributed by atoms with Crippen LogP contribution in [0, 0.1) is 0 Å². The Morgan fingerprint density at radius 2 is 0.792 bits per heavy atom. The van der Waals surface area contributed by atoms with Gasteiger partial charge in [0.1, 0.15) is 13.2 Å². The average Bonchev–Trinajstić information content (AvgIpc) is 3.35. The van der Waals surface area contributed by atoms with Crippen molar-refractivity contribution in [3.63, 3.8) is 0 Å². The van der Waals surface area contributed by atoms with Crippen molar-refractivity contribution in [1.82, 2.24) is 0 Å². The Bertz CT molecular complexity index is 1360. The van der Waals surface area contributed by atoms with Crippen LogP contribution in [0.4, 0.5) is 0 Å². The molecule has 0 spiro atoms. The second-order valence-corrected chi connectivity index (χ2v) is 21.3. The summed E-state index contributed by atoms with van der Waals surface area (Å²) in [6.45, 7) is 4.75. The molecule has 0 aliphatic heterocycles. The predicted molar refractivity (Wildman–Crippen MR) is 304 cm³/mol. The Hall–Kier alpha value is -3.01. The van der Waals surface area contributed by atoms with E-state index < -0.39 is 24.3 Å². The van der Waals surface area contributed by atoms with Crippen molar-refractivity contribution >= 4 is 17.9 Å². The Balaban J connectivity index is 4.19. The molecule has 0 aliphatic rings. The Labute approximate surface area is 444 Å². The van der Waals surface area contributed by atoms with Gasteiger partial charge in [0.25, 0.3) is 6.29 Å². The lowest BCUT2D eigenvalue weighted by Gasteiger charge is -2.25. The molecule has 0 heterocycles. The number of carboxylic acids is 1. The molecule has 1 N–H and O–H groups in total. The molecule has 0 amide bonds. The maximum atomic E-state index is 12.8. The summed E-state index contributed by atoms with van der Waals surface area (Å²) in [6.07, 6.45) is 66.0. The Morgan fingerprint density at radius 3 is 1.18 bits per heavy atom. The van der Waals surface area contributed by atoms with E-state index in [4.69, 9.17) is 18.9 Å². The minimum absolute atomic E-state index is 0.180. The molecule has 2 atom stereocenters. The zero-order valence-electron chi connectivity index (χ0n) is 47.6. The smallest absolute Gasteiger partial charge is 0.361 e. The third-order valence-electron chi connectivity index (χ3n) is 13.0. The number of carbonyl (C=O) groups is 3.